The third-order valence-electron chi connectivity index (χ3n) is 5.80. The second kappa shape index (κ2) is 8.10. The van der Waals surface area contributed by atoms with Crippen LogP contribution < -0.4 is 5.32 Å². The van der Waals surface area contributed by atoms with Crippen molar-refractivity contribution >= 4 is 23.1 Å². The van der Waals surface area contributed by atoms with Gasteiger partial charge in [0.25, 0.3) is 0 Å². The summed E-state index contributed by atoms with van der Waals surface area (Å²) in [5.74, 6) is 0.383. The number of nitrogens with one attached hydrogen (secondary N) is 1. The molecule has 156 valence electrons. The maximum Gasteiger partial charge on any atom is 0.167 e. The minimum Gasteiger partial charge on any atom is -0.365 e. The lowest BCUT2D eigenvalue weighted by atomic mass is 10.1. The molecule has 0 amide bonds. The number of rotatable bonds is 5. The minimum absolute atomic E-state index is 0.0684. The number of imidazole rings is 1. The monoisotopic (exact) mass is 411 g/mol. The molecule has 1 aliphatic heterocycles. The molecule has 0 spiro atoms. The van der Waals surface area contributed by atoms with Crippen molar-refractivity contribution in [2.75, 3.05) is 5.32 Å². The fourth-order valence-corrected chi connectivity index (χ4v) is 4.23. The maximum atomic E-state index is 13.8. The molecule has 2 aliphatic rings. The Labute approximate surface area is 173 Å². The lowest BCUT2D eigenvalue weighted by molar-refractivity contribution is 0.0262. The fourth-order valence-electron chi connectivity index (χ4n) is 4.23. The highest BCUT2D eigenvalue weighted by molar-refractivity contribution is 5.82. The van der Waals surface area contributed by atoms with Crippen LogP contribution in [0.4, 0.5) is 14.6 Å². The van der Waals surface area contributed by atoms with Gasteiger partial charge in [0.15, 0.2) is 17.0 Å². The Bertz CT molecular complexity index is 1070. The van der Waals surface area contributed by atoms with Crippen LogP contribution in [-0.2, 0) is 4.74 Å². The molecule has 8 heteroatoms. The van der Waals surface area contributed by atoms with Gasteiger partial charge in [-0.1, -0.05) is 30.4 Å². The van der Waals surface area contributed by atoms with E-state index in [9.17, 15) is 8.78 Å². The molecule has 2 fully saturated rings. The van der Waals surface area contributed by atoms with Crippen molar-refractivity contribution in [1.29, 1.82) is 0 Å². The highest BCUT2D eigenvalue weighted by Crippen LogP contribution is 2.33. The number of alkyl halides is 1. The first-order valence-electron chi connectivity index (χ1n) is 10.3. The van der Waals surface area contributed by atoms with Gasteiger partial charge in [-0.2, -0.15) is 0 Å². The summed E-state index contributed by atoms with van der Waals surface area (Å²) in [6.45, 7) is 0. The van der Waals surface area contributed by atoms with E-state index in [1.54, 1.807) is 24.5 Å². The van der Waals surface area contributed by atoms with Crippen LogP contribution in [0, 0.1) is 5.82 Å². The first-order valence-corrected chi connectivity index (χ1v) is 10.3. The molecule has 1 saturated heterocycles. The normalized spacial score (nSPS) is 26.7. The zero-order valence-corrected chi connectivity index (χ0v) is 16.4. The Morgan fingerprint density at radius 3 is 2.83 bits per heavy atom. The lowest BCUT2D eigenvalue weighted by Gasteiger charge is -2.15. The van der Waals surface area contributed by atoms with Gasteiger partial charge in [-0.05, 0) is 38.2 Å². The van der Waals surface area contributed by atoms with Crippen molar-refractivity contribution in [3.05, 3.63) is 54.4 Å². The number of aromatic nitrogens is 4. The predicted molar refractivity (Wildman–Crippen MR) is 110 cm³/mol. The molecular weight excluding hydrogens is 388 g/mol. The van der Waals surface area contributed by atoms with Crippen molar-refractivity contribution in [3.63, 3.8) is 0 Å². The lowest BCUT2D eigenvalue weighted by Crippen LogP contribution is -2.17. The van der Waals surface area contributed by atoms with Crippen LogP contribution in [0.2, 0.25) is 0 Å². The van der Waals surface area contributed by atoms with E-state index >= 15 is 0 Å². The molecule has 30 heavy (non-hydrogen) atoms. The zero-order valence-electron chi connectivity index (χ0n) is 16.4. The Balaban J connectivity index is 1.31. The topological polar surface area (TPSA) is 64.9 Å². The van der Waals surface area contributed by atoms with Crippen LogP contribution in [0.25, 0.3) is 17.2 Å². The minimum atomic E-state index is -0.751. The van der Waals surface area contributed by atoms with Crippen molar-refractivity contribution in [3.8, 4) is 0 Å². The summed E-state index contributed by atoms with van der Waals surface area (Å²) in [6.07, 6.45) is 9.30. The maximum absolute atomic E-state index is 13.8. The summed E-state index contributed by atoms with van der Waals surface area (Å²) in [7, 11) is 0. The third kappa shape index (κ3) is 3.79. The van der Waals surface area contributed by atoms with E-state index in [1.807, 2.05) is 16.7 Å². The molecule has 3 heterocycles. The van der Waals surface area contributed by atoms with Gasteiger partial charge in [0.1, 0.15) is 24.5 Å². The average molecular weight is 411 g/mol. The standard InChI is InChI=1S/C22H23F2N5O/c23-15-6-7-16(11-15)28-21-20-22(26-12-25-21)29(13-27-20)19-10-9-17(30-19)8-5-14-3-1-2-4-18(14)24/h1-5,8,12-13,15-17,19H,6-7,9-11H2,(H,25,26,28)/t15-,16?,17+,19-/m1/s1. The largest absolute Gasteiger partial charge is 0.365 e. The molecule has 0 bridgehead atoms. The molecule has 0 radical (unpaired) electrons. The quantitative estimate of drug-likeness (QED) is 0.662. The van der Waals surface area contributed by atoms with Crippen LogP contribution in [-0.4, -0.2) is 37.8 Å². The summed E-state index contributed by atoms with van der Waals surface area (Å²) >= 11 is 0. The zero-order chi connectivity index (χ0) is 20.5. The van der Waals surface area contributed by atoms with Crippen molar-refractivity contribution < 1.29 is 13.5 Å². The summed E-state index contributed by atoms with van der Waals surface area (Å²) in [6, 6.07) is 6.73. The van der Waals surface area contributed by atoms with Crippen LogP contribution in [0.3, 0.4) is 0 Å². The van der Waals surface area contributed by atoms with Crippen molar-refractivity contribution in [1.82, 2.24) is 19.5 Å². The van der Waals surface area contributed by atoms with Gasteiger partial charge in [0.2, 0.25) is 0 Å². The second-order valence-electron chi connectivity index (χ2n) is 7.89. The van der Waals surface area contributed by atoms with Crippen LogP contribution in [0.15, 0.2) is 43.0 Å². The Morgan fingerprint density at radius 1 is 1.10 bits per heavy atom. The number of fused-ring (bicyclic) bond motifs is 1. The smallest absolute Gasteiger partial charge is 0.167 e. The number of benzene rings is 1. The van der Waals surface area contributed by atoms with Gasteiger partial charge in [0.05, 0.1) is 12.4 Å². The van der Waals surface area contributed by atoms with E-state index in [0.717, 1.165) is 19.3 Å². The highest BCUT2D eigenvalue weighted by atomic mass is 19.1. The van der Waals surface area contributed by atoms with Crippen molar-refractivity contribution in [2.45, 2.75) is 56.6 Å². The predicted octanol–water partition coefficient (Wildman–Crippen LogP) is 4.66. The third-order valence-corrected chi connectivity index (χ3v) is 5.80. The Morgan fingerprint density at radius 2 is 2.00 bits per heavy atom. The average Bonchev–Trinajstić information content (AvgIpc) is 3.47. The Hall–Kier alpha value is -2.87. The van der Waals surface area contributed by atoms with E-state index in [4.69, 9.17) is 4.74 Å². The molecule has 3 aromatic rings. The molecule has 1 aromatic carbocycles. The van der Waals surface area contributed by atoms with Gasteiger partial charge in [-0.15, -0.1) is 0 Å². The van der Waals surface area contributed by atoms with E-state index in [2.05, 4.69) is 20.3 Å². The second-order valence-corrected chi connectivity index (χ2v) is 7.89. The number of hydrogen-bond acceptors (Lipinski definition) is 5. The first-order chi connectivity index (χ1) is 14.7. The molecule has 1 saturated carbocycles. The number of ether oxygens (including phenoxy) is 1. The molecule has 6 nitrogen and oxygen atoms in total. The summed E-state index contributed by atoms with van der Waals surface area (Å²) in [5, 5.41) is 3.32. The van der Waals surface area contributed by atoms with Crippen LogP contribution >= 0.6 is 0 Å². The fraction of sp³-hybridized carbons (Fsp3) is 0.409. The number of anilines is 1. The van der Waals surface area contributed by atoms with Gasteiger partial charge in [0, 0.05) is 11.6 Å². The van der Waals surface area contributed by atoms with E-state index in [-0.39, 0.29) is 24.2 Å². The highest BCUT2D eigenvalue weighted by Gasteiger charge is 2.28. The number of hydrogen-bond donors (Lipinski definition) is 1. The van der Waals surface area contributed by atoms with Crippen LogP contribution in [0.1, 0.15) is 43.9 Å². The Kier molecular flexibility index (Phi) is 5.16. The summed E-state index contributed by atoms with van der Waals surface area (Å²) < 4.78 is 35.3. The van der Waals surface area contributed by atoms with E-state index in [1.165, 1.54) is 12.4 Å². The molecule has 1 aliphatic carbocycles. The molecule has 1 unspecified atom stereocenters. The van der Waals surface area contributed by atoms with Crippen LogP contribution in [0.5, 0.6) is 0 Å². The van der Waals surface area contributed by atoms with E-state index < -0.39 is 6.17 Å². The van der Waals surface area contributed by atoms with E-state index in [0.29, 0.717) is 35.4 Å². The van der Waals surface area contributed by atoms with Gasteiger partial charge in [-0.25, -0.2) is 23.7 Å². The number of nitrogens with zero attached hydrogens (tertiary/aromatic N) is 4. The van der Waals surface area contributed by atoms with Gasteiger partial charge >= 0.3 is 0 Å². The molecular formula is C22H23F2N5O. The molecule has 1 N–H and O–H groups in total. The SMILES string of the molecule is Fc1ccccc1C=C[C@H]1CC[C@H](n2cnc3c(NC4CC[C@@H](F)C4)ncnc32)O1. The summed E-state index contributed by atoms with van der Waals surface area (Å²) in [5.41, 5.74) is 1.89. The van der Waals surface area contributed by atoms with Gasteiger partial charge in [-0.3, -0.25) is 4.57 Å². The molecule has 5 rings (SSSR count). The van der Waals surface area contributed by atoms with Gasteiger partial charge < -0.3 is 10.1 Å². The molecule has 2 aromatic heterocycles. The number of halogens is 2. The van der Waals surface area contributed by atoms with Crippen molar-refractivity contribution in [2.24, 2.45) is 0 Å². The first kappa shape index (κ1) is 19.1. The summed E-state index contributed by atoms with van der Waals surface area (Å²) in [4.78, 5) is 13.2. The molecule has 4 atom stereocenters.